The number of hydrogen-bond acceptors (Lipinski definition) is 1. The lowest BCUT2D eigenvalue weighted by Gasteiger charge is -2.36. The van der Waals surface area contributed by atoms with Gasteiger partial charge >= 0.3 is 0 Å². The first-order valence-electron chi connectivity index (χ1n) is 5.39. The number of rotatable bonds is 2. The molecule has 1 rings (SSSR count). The van der Waals surface area contributed by atoms with Gasteiger partial charge in [-0.1, -0.05) is 44.0 Å². The summed E-state index contributed by atoms with van der Waals surface area (Å²) in [5, 5.41) is 0.269. The van der Waals surface area contributed by atoms with E-state index in [2.05, 4.69) is 20.8 Å². The van der Waals surface area contributed by atoms with E-state index < -0.39 is 14.1 Å². The molecule has 1 aromatic rings. The maximum atomic E-state index is 13.9. The molecular weight excluding hydrogens is 278 g/mol. The Morgan fingerprint density at radius 1 is 1.12 bits per heavy atom. The second-order valence-electron chi connectivity index (χ2n) is 5.53. The Kier molecular flexibility index (Phi) is 4.17. The maximum absolute atomic E-state index is 13.9. The molecule has 0 heterocycles. The summed E-state index contributed by atoms with van der Waals surface area (Å²) in [6, 6.07) is 2.98. The van der Waals surface area contributed by atoms with E-state index in [0.717, 1.165) is 0 Å². The van der Waals surface area contributed by atoms with Crippen LogP contribution in [0.1, 0.15) is 20.8 Å². The summed E-state index contributed by atoms with van der Waals surface area (Å²) in [7, 11) is -2.11. The quantitative estimate of drug-likeness (QED) is 0.516. The zero-order valence-electron chi connectivity index (χ0n) is 10.7. The van der Waals surface area contributed by atoms with Gasteiger partial charge in [0.15, 0.2) is 11.6 Å². The van der Waals surface area contributed by atoms with Crippen molar-refractivity contribution in [2.45, 2.75) is 38.9 Å². The van der Waals surface area contributed by atoms with Crippen molar-refractivity contribution in [1.82, 2.24) is 0 Å². The lowest BCUT2D eigenvalue weighted by atomic mass is 10.2. The van der Waals surface area contributed by atoms with Gasteiger partial charge in [0, 0.05) is 0 Å². The number of hydrogen-bond donors (Lipinski definition) is 0. The number of halogens is 3. The fraction of sp³-hybridized carbons (Fsp3) is 0.500. The summed E-state index contributed by atoms with van der Waals surface area (Å²) in [6.45, 7) is 10.3. The highest BCUT2D eigenvalue weighted by atomic mass is 35.5. The minimum atomic E-state index is -2.11. The third-order valence-corrected chi connectivity index (χ3v) is 8.08. The van der Waals surface area contributed by atoms with E-state index in [1.807, 2.05) is 13.1 Å². The Morgan fingerprint density at radius 2 is 1.59 bits per heavy atom. The van der Waals surface area contributed by atoms with Crippen LogP contribution in [0.15, 0.2) is 12.1 Å². The van der Waals surface area contributed by atoms with Crippen molar-refractivity contribution in [3.05, 3.63) is 28.0 Å². The van der Waals surface area contributed by atoms with Crippen LogP contribution < -0.4 is 4.43 Å². The topological polar surface area (TPSA) is 9.23 Å². The van der Waals surface area contributed by atoms with Gasteiger partial charge in [-0.2, -0.15) is 0 Å². The Labute approximate surface area is 113 Å². The standard InChI is InChI=1S/C12H17Cl2FOSi/c1-12(2,3)17(4,5)16-11-9(14)7-6-8(13)10(11)15/h6-7H,1-5H3. The molecule has 0 atom stereocenters. The van der Waals surface area contributed by atoms with Crippen LogP contribution in [0.2, 0.25) is 28.2 Å². The summed E-state index contributed by atoms with van der Waals surface area (Å²) in [5.74, 6) is -0.505. The zero-order chi connectivity index (χ0) is 13.4. The third kappa shape index (κ3) is 3.15. The van der Waals surface area contributed by atoms with Gasteiger partial charge in [-0.15, -0.1) is 0 Å². The monoisotopic (exact) mass is 294 g/mol. The van der Waals surface area contributed by atoms with Crippen molar-refractivity contribution in [1.29, 1.82) is 0 Å². The summed E-state index contributed by atoms with van der Waals surface area (Å²) < 4.78 is 19.7. The van der Waals surface area contributed by atoms with Gasteiger partial charge < -0.3 is 4.43 Å². The first kappa shape index (κ1) is 14.8. The number of benzene rings is 1. The Morgan fingerprint density at radius 3 is 2.06 bits per heavy atom. The van der Waals surface area contributed by atoms with E-state index in [9.17, 15) is 4.39 Å². The molecule has 1 nitrogen and oxygen atoms in total. The van der Waals surface area contributed by atoms with Gasteiger partial charge in [-0.25, -0.2) is 4.39 Å². The molecular formula is C12H17Cl2FOSi. The van der Waals surface area contributed by atoms with Crippen molar-refractivity contribution >= 4 is 31.5 Å². The largest absolute Gasteiger partial charge is 0.541 e. The van der Waals surface area contributed by atoms with Crippen LogP contribution in [0, 0.1) is 5.82 Å². The molecule has 0 aliphatic rings. The highest BCUT2D eigenvalue weighted by Gasteiger charge is 2.40. The van der Waals surface area contributed by atoms with Crippen LogP contribution in [0.4, 0.5) is 4.39 Å². The summed E-state index contributed by atoms with van der Waals surface area (Å²) >= 11 is 11.7. The minimum Gasteiger partial charge on any atom is -0.541 e. The average Bonchev–Trinajstić information content (AvgIpc) is 2.17. The van der Waals surface area contributed by atoms with Gasteiger partial charge in [-0.3, -0.25) is 0 Å². The first-order valence-corrected chi connectivity index (χ1v) is 9.05. The van der Waals surface area contributed by atoms with Crippen LogP contribution in [-0.4, -0.2) is 8.32 Å². The van der Waals surface area contributed by atoms with Gasteiger partial charge in [-0.05, 0) is 30.3 Å². The smallest absolute Gasteiger partial charge is 0.250 e. The summed E-state index contributed by atoms with van der Waals surface area (Å²) in [6.07, 6.45) is 0. The molecule has 0 amide bonds. The molecule has 0 aliphatic carbocycles. The van der Waals surface area contributed by atoms with Crippen molar-refractivity contribution in [2.24, 2.45) is 0 Å². The van der Waals surface area contributed by atoms with Gasteiger partial charge in [0.05, 0.1) is 10.0 Å². The molecule has 0 aromatic heterocycles. The lowest BCUT2D eigenvalue weighted by molar-refractivity contribution is 0.457. The summed E-state index contributed by atoms with van der Waals surface area (Å²) in [5.41, 5.74) is 0. The van der Waals surface area contributed by atoms with Gasteiger partial charge in [0.2, 0.25) is 0 Å². The molecule has 96 valence electrons. The Balaban J connectivity index is 3.16. The van der Waals surface area contributed by atoms with E-state index in [1.165, 1.54) is 6.07 Å². The van der Waals surface area contributed by atoms with Crippen LogP contribution in [0.5, 0.6) is 5.75 Å². The minimum absolute atomic E-state index is 0.0227. The highest BCUT2D eigenvalue weighted by molar-refractivity contribution is 6.74. The molecule has 0 fully saturated rings. The van der Waals surface area contributed by atoms with Crippen molar-refractivity contribution in [2.75, 3.05) is 0 Å². The normalized spacial score (nSPS) is 12.7. The molecule has 0 radical (unpaired) electrons. The predicted octanol–water partition coefficient (Wildman–Crippen LogP) is 5.52. The van der Waals surface area contributed by atoms with Gasteiger partial charge in [0.25, 0.3) is 8.32 Å². The molecule has 0 N–H and O–H groups in total. The van der Waals surface area contributed by atoms with E-state index in [1.54, 1.807) is 6.07 Å². The Bertz CT molecular complexity index is 427. The maximum Gasteiger partial charge on any atom is 0.250 e. The van der Waals surface area contributed by atoms with Gasteiger partial charge in [0.1, 0.15) is 0 Å². The molecule has 1 aromatic carbocycles. The van der Waals surface area contributed by atoms with Crippen molar-refractivity contribution in [3.63, 3.8) is 0 Å². The third-order valence-electron chi connectivity index (χ3n) is 3.17. The Hall–Kier alpha value is -0.253. The molecule has 5 heteroatoms. The molecule has 0 saturated carbocycles. The van der Waals surface area contributed by atoms with E-state index >= 15 is 0 Å². The van der Waals surface area contributed by atoms with Crippen LogP contribution in [0.3, 0.4) is 0 Å². The SMILES string of the molecule is CC(C)(C)[Si](C)(C)Oc1c(Cl)ccc(Cl)c1F. The van der Waals surface area contributed by atoms with Crippen molar-refractivity contribution in [3.8, 4) is 5.75 Å². The fourth-order valence-corrected chi connectivity index (χ4v) is 2.42. The molecule has 0 saturated heterocycles. The second-order valence-corrected chi connectivity index (χ2v) is 11.1. The zero-order valence-corrected chi connectivity index (χ0v) is 13.2. The molecule has 0 aliphatic heterocycles. The molecule has 0 unspecified atom stereocenters. The second kappa shape index (κ2) is 4.79. The first-order chi connectivity index (χ1) is 7.56. The lowest BCUT2D eigenvalue weighted by Crippen LogP contribution is -2.44. The average molecular weight is 295 g/mol. The molecule has 0 bridgehead atoms. The van der Waals surface area contributed by atoms with E-state index in [-0.39, 0.29) is 20.8 Å². The summed E-state index contributed by atoms with van der Waals surface area (Å²) in [4.78, 5) is 0. The van der Waals surface area contributed by atoms with Crippen molar-refractivity contribution < 1.29 is 8.82 Å². The van der Waals surface area contributed by atoms with E-state index in [4.69, 9.17) is 27.6 Å². The van der Waals surface area contributed by atoms with Crippen LogP contribution >= 0.6 is 23.2 Å². The van der Waals surface area contributed by atoms with Crippen LogP contribution in [-0.2, 0) is 0 Å². The molecule has 0 spiro atoms. The van der Waals surface area contributed by atoms with Crippen LogP contribution in [0.25, 0.3) is 0 Å². The van der Waals surface area contributed by atoms with E-state index in [0.29, 0.717) is 0 Å². The molecule has 17 heavy (non-hydrogen) atoms. The predicted molar refractivity (Wildman–Crippen MR) is 74.2 cm³/mol. The highest BCUT2D eigenvalue weighted by Crippen LogP contribution is 2.41. The fourth-order valence-electron chi connectivity index (χ4n) is 1.01.